The summed E-state index contributed by atoms with van der Waals surface area (Å²) in [6.07, 6.45) is 2.91. The number of hydrogen-bond acceptors (Lipinski definition) is 4. The Morgan fingerprint density at radius 1 is 1.47 bits per heavy atom. The fraction of sp³-hybridized carbons (Fsp3) is 0.538. The maximum Gasteiger partial charge on any atom is 0.215 e. The number of rotatable bonds is 4. The molecule has 4 nitrogen and oxygen atoms in total. The van der Waals surface area contributed by atoms with Crippen molar-refractivity contribution in [3.8, 4) is 5.88 Å². The molecule has 17 heavy (non-hydrogen) atoms. The molecule has 0 aromatic carbocycles. The molecule has 0 aliphatic carbocycles. The predicted molar refractivity (Wildman–Crippen MR) is 66.4 cm³/mol. The highest BCUT2D eigenvalue weighted by molar-refractivity contribution is 5.54. The van der Waals surface area contributed by atoms with Crippen molar-refractivity contribution in [1.29, 1.82) is 0 Å². The van der Waals surface area contributed by atoms with Gasteiger partial charge in [0.15, 0.2) is 0 Å². The zero-order valence-electron chi connectivity index (χ0n) is 10.1. The minimum Gasteiger partial charge on any atom is -0.478 e. The number of ether oxygens (including phenoxy) is 1. The smallest absolute Gasteiger partial charge is 0.215 e. The first-order valence-electron chi connectivity index (χ1n) is 6.13. The number of carbonyl (C=O) groups is 1. The van der Waals surface area contributed by atoms with Crippen LogP contribution in [0.1, 0.15) is 19.8 Å². The van der Waals surface area contributed by atoms with E-state index in [1.165, 1.54) is 0 Å². The minimum absolute atomic E-state index is 0.223. The van der Waals surface area contributed by atoms with Gasteiger partial charge in [0.05, 0.1) is 6.61 Å². The molecule has 0 amide bonds. The third kappa shape index (κ3) is 2.96. The van der Waals surface area contributed by atoms with Gasteiger partial charge in [-0.2, -0.15) is 4.98 Å². The Morgan fingerprint density at radius 3 is 2.88 bits per heavy atom. The van der Waals surface area contributed by atoms with Gasteiger partial charge in [0.1, 0.15) is 12.1 Å². The van der Waals surface area contributed by atoms with E-state index in [1.54, 1.807) is 0 Å². The fourth-order valence-electron chi connectivity index (χ4n) is 2.07. The maximum absolute atomic E-state index is 10.7. The minimum atomic E-state index is 0.223. The van der Waals surface area contributed by atoms with Crippen molar-refractivity contribution in [3.05, 3.63) is 18.2 Å². The molecule has 0 unspecified atom stereocenters. The number of carbonyl (C=O) groups excluding carboxylic acids is 1. The third-order valence-corrected chi connectivity index (χ3v) is 3.06. The molecule has 4 heteroatoms. The standard InChI is InChI=1S/C13H18N2O2/c1-2-17-13-5-3-4-12(14-13)15-8-6-11(10-16)7-9-15/h3-5,10-11H,2,6-9H2,1H3. The molecule has 0 bridgehead atoms. The summed E-state index contributed by atoms with van der Waals surface area (Å²) in [4.78, 5) is 17.4. The second-order valence-corrected chi connectivity index (χ2v) is 4.23. The van der Waals surface area contributed by atoms with Crippen LogP contribution in [0, 0.1) is 5.92 Å². The Hall–Kier alpha value is -1.58. The van der Waals surface area contributed by atoms with E-state index in [2.05, 4.69) is 9.88 Å². The number of hydrogen-bond donors (Lipinski definition) is 0. The van der Waals surface area contributed by atoms with Crippen LogP contribution < -0.4 is 9.64 Å². The van der Waals surface area contributed by atoms with Crippen LogP contribution in [0.15, 0.2) is 18.2 Å². The highest BCUT2D eigenvalue weighted by atomic mass is 16.5. The number of nitrogens with zero attached hydrogens (tertiary/aromatic N) is 2. The molecule has 1 aliphatic rings. The predicted octanol–water partition coefficient (Wildman–Crippen LogP) is 1.90. The van der Waals surface area contributed by atoms with Crippen LogP contribution in [0.4, 0.5) is 5.82 Å². The second kappa shape index (κ2) is 5.66. The third-order valence-electron chi connectivity index (χ3n) is 3.06. The molecule has 1 aliphatic heterocycles. The van der Waals surface area contributed by atoms with Crippen LogP contribution in [0.2, 0.25) is 0 Å². The highest BCUT2D eigenvalue weighted by Crippen LogP contribution is 2.22. The number of pyridine rings is 1. The van der Waals surface area contributed by atoms with Gasteiger partial charge in [-0.1, -0.05) is 6.07 Å². The zero-order chi connectivity index (χ0) is 12.1. The number of aldehydes is 1. The van der Waals surface area contributed by atoms with E-state index in [9.17, 15) is 4.79 Å². The summed E-state index contributed by atoms with van der Waals surface area (Å²) in [5, 5.41) is 0. The average molecular weight is 234 g/mol. The van der Waals surface area contributed by atoms with Crippen LogP contribution in [0.3, 0.4) is 0 Å². The quantitative estimate of drug-likeness (QED) is 0.746. The SMILES string of the molecule is CCOc1cccc(N2CCC(C=O)CC2)n1. The normalized spacial score (nSPS) is 16.9. The van der Waals surface area contributed by atoms with E-state index < -0.39 is 0 Å². The number of piperidine rings is 1. The van der Waals surface area contributed by atoms with Crippen molar-refractivity contribution < 1.29 is 9.53 Å². The first-order valence-corrected chi connectivity index (χ1v) is 6.13. The Morgan fingerprint density at radius 2 is 2.24 bits per heavy atom. The van der Waals surface area contributed by atoms with E-state index in [4.69, 9.17) is 4.74 Å². The molecular weight excluding hydrogens is 216 g/mol. The summed E-state index contributed by atoms with van der Waals surface area (Å²) in [7, 11) is 0. The van der Waals surface area contributed by atoms with Crippen molar-refractivity contribution >= 4 is 12.1 Å². The molecule has 2 rings (SSSR count). The summed E-state index contributed by atoms with van der Waals surface area (Å²) >= 11 is 0. The van der Waals surface area contributed by atoms with Gasteiger partial charge in [-0.3, -0.25) is 0 Å². The van der Waals surface area contributed by atoms with E-state index >= 15 is 0 Å². The zero-order valence-corrected chi connectivity index (χ0v) is 10.1. The Balaban J connectivity index is 2.02. The van der Waals surface area contributed by atoms with Gasteiger partial charge in [-0.25, -0.2) is 0 Å². The maximum atomic E-state index is 10.7. The average Bonchev–Trinajstić information content (AvgIpc) is 2.40. The van der Waals surface area contributed by atoms with Gasteiger partial charge >= 0.3 is 0 Å². The van der Waals surface area contributed by atoms with Gasteiger partial charge in [-0.15, -0.1) is 0 Å². The molecule has 0 saturated carbocycles. The van der Waals surface area contributed by atoms with Crippen LogP contribution in [-0.2, 0) is 4.79 Å². The molecule has 1 aromatic rings. The lowest BCUT2D eigenvalue weighted by Gasteiger charge is -2.30. The molecule has 0 spiro atoms. The Labute approximate surface area is 102 Å². The highest BCUT2D eigenvalue weighted by Gasteiger charge is 2.19. The first kappa shape index (κ1) is 11.9. The van der Waals surface area contributed by atoms with Crippen LogP contribution in [0.25, 0.3) is 0 Å². The Bertz CT molecular complexity index is 373. The van der Waals surface area contributed by atoms with Crippen molar-refractivity contribution in [3.63, 3.8) is 0 Å². The van der Waals surface area contributed by atoms with Gasteiger partial charge in [0, 0.05) is 25.1 Å². The van der Waals surface area contributed by atoms with E-state index in [-0.39, 0.29) is 5.92 Å². The molecule has 1 aromatic heterocycles. The van der Waals surface area contributed by atoms with Gasteiger partial charge < -0.3 is 14.4 Å². The summed E-state index contributed by atoms with van der Waals surface area (Å²) in [6.45, 7) is 4.37. The number of aromatic nitrogens is 1. The van der Waals surface area contributed by atoms with Crippen LogP contribution in [0.5, 0.6) is 5.88 Å². The molecule has 92 valence electrons. The molecule has 2 heterocycles. The second-order valence-electron chi connectivity index (χ2n) is 4.23. The molecule has 0 radical (unpaired) electrons. The molecule has 1 saturated heterocycles. The van der Waals surface area contributed by atoms with Crippen molar-refractivity contribution in [1.82, 2.24) is 4.98 Å². The van der Waals surface area contributed by atoms with E-state index in [1.807, 2.05) is 25.1 Å². The monoisotopic (exact) mass is 234 g/mol. The van der Waals surface area contributed by atoms with E-state index in [0.717, 1.165) is 38.0 Å². The molecule has 0 atom stereocenters. The number of anilines is 1. The largest absolute Gasteiger partial charge is 0.478 e. The summed E-state index contributed by atoms with van der Waals surface area (Å²) < 4.78 is 5.39. The summed E-state index contributed by atoms with van der Waals surface area (Å²) in [5.74, 6) is 1.84. The lowest BCUT2D eigenvalue weighted by Crippen LogP contribution is -2.34. The topological polar surface area (TPSA) is 42.4 Å². The molecular formula is C13H18N2O2. The summed E-state index contributed by atoms with van der Waals surface area (Å²) in [5.41, 5.74) is 0. The summed E-state index contributed by atoms with van der Waals surface area (Å²) in [6, 6.07) is 5.81. The van der Waals surface area contributed by atoms with Crippen LogP contribution in [-0.4, -0.2) is 31.0 Å². The Kier molecular flexibility index (Phi) is 3.96. The molecule has 0 N–H and O–H groups in total. The van der Waals surface area contributed by atoms with Gasteiger partial charge in [0.2, 0.25) is 5.88 Å². The fourth-order valence-corrected chi connectivity index (χ4v) is 2.07. The van der Waals surface area contributed by atoms with Crippen molar-refractivity contribution in [2.24, 2.45) is 5.92 Å². The van der Waals surface area contributed by atoms with Crippen molar-refractivity contribution in [2.75, 3.05) is 24.6 Å². The van der Waals surface area contributed by atoms with Gasteiger partial charge in [-0.05, 0) is 25.8 Å². The first-order chi connectivity index (χ1) is 8.33. The lowest BCUT2D eigenvalue weighted by molar-refractivity contribution is -0.111. The van der Waals surface area contributed by atoms with E-state index in [0.29, 0.717) is 12.5 Å². The van der Waals surface area contributed by atoms with Crippen LogP contribution >= 0.6 is 0 Å². The molecule has 1 fully saturated rings. The van der Waals surface area contributed by atoms with Crippen molar-refractivity contribution in [2.45, 2.75) is 19.8 Å². The lowest BCUT2D eigenvalue weighted by atomic mass is 9.99. The van der Waals surface area contributed by atoms with Gasteiger partial charge in [0.25, 0.3) is 0 Å².